The van der Waals surface area contributed by atoms with Gasteiger partial charge in [-0.1, -0.05) is 91.0 Å². The van der Waals surface area contributed by atoms with Crippen LogP contribution in [0.4, 0.5) is 26.9 Å². The molecule has 2 fully saturated rings. The van der Waals surface area contributed by atoms with Crippen LogP contribution in [0.5, 0.6) is 0 Å². The maximum atomic E-state index is 13.1. The first-order chi connectivity index (χ1) is 37.6. The summed E-state index contributed by atoms with van der Waals surface area (Å²) in [6, 6.07) is 35.2. The molecule has 0 spiro atoms. The van der Waals surface area contributed by atoms with Crippen LogP contribution in [0.15, 0.2) is 97.1 Å². The van der Waals surface area contributed by atoms with Gasteiger partial charge in [-0.3, -0.25) is 0 Å². The van der Waals surface area contributed by atoms with Crippen molar-refractivity contribution in [1.82, 2.24) is 35.1 Å². The normalized spacial score (nSPS) is 16.9. The number of hydrogen-bond donors (Lipinski definition) is 1. The molecule has 20 heteroatoms. The van der Waals surface area contributed by atoms with Gasteiger partial charge in [0.1, 0.15) is 24.8 Å². The summed E-state index contributed by atoms with van der Waals surface area (Å²) in [5, 5.41) is 24.6. The molecule has 1 N–H and O–H groups in total. The van der Waals surface area contributed by atoms with E-state index in [2.05, 4.69) is 90.5 Å². The number of piperazine rings is 2. The molecule has 2 amide bonds. The lowest BCUT2D eigenvalue weighted by Crippen LogP contribution is -2.56. The fraction of sp³-hybridized carbons (Fsp3) is 0.368. The molecule has 2 aromatic heterocycles. The molecule has 2 atom stereocenters. The second kappa shape index (κ2) is 24.6. The molecule has 0 saturated carbocycles. The first-order valence-electron chi connectivity index (χ1n) is 25.7. The van der Waals surface area contributed by atoms with Gasteiger partial charge >= 0.3 is 24.1 Å². The molecule has 4 aliphatic heterocycles. The molecule has 0 radical (unpaired) electrons. The van der Waals surface area contributed by atoms with Crippen LogP contribution in [0.1, 0.15) is 73.3 Å². The SMILES string of the molecule is COC(=O)c1nc2c(c(N3CCN(C(=O)OCc4ccccc4)[C@@H](CC#N)C3)n1)CCN(c1cccc3cccc(C)c13)C2.COC(=O)c1nc2c(c(N3CCN(C(=O)OCc4ccccc4)[C@@H](CC#N)C3)n1)CCNC2. The molecule has 20 nitrogen and oxygen atoms in total. The minimum Gasteiger partial charge on any atom is -0.463 e. The minimum atomic E-state index is -0.608. The van der Waals surface area contributed by atoms with Crippen LogP contribution in [-0.4, -0.2) is 133 Å². The molecule has 0 unspecified atom stereocenters. The zero-order chi connectivity index (χ0) is 53.8. The summed E-state index contributed by atoms with van der Waals surface area (Å²) in [5.74, 6) is 0.131. The molecular weight excluding hydrogens is 981 g/mol. The second-order valence-corrected chi connectivity index (χ2v) is 19.0. The average molecular weight is 1040 g/mol. The Labute approximate surface area is 446 Å². The van der Waals surface area contributed by atoms with Crippen LogP contribution in [-0.2, 0) is 58.1 Å². The van der Waals surface area contributed by atoms with Gasteiger partial charge in [0.2, 0.25) is 11.6 Å². The first-order valence-corrected chi connectivity index (χ1v) is 25.7. The van der Waals surface area contributed by atoms with E-state index in [1.807, 2.05) is 65.6 Å². The molecule has 6 aromatic rings. The molecule has 0 bridgehead atoms. The third-order valence-corrected chi connectivity index (χ3v) is 14.2. The summed E-state index contributed by atoms with van der Waals surface area (Å²) in [6.07, 6.45) is 0.820. The standard InChI is InChI=1S/C34H34N6O4.C23H26N6O4/c1-23-8-6-11-25-12-7-13-29(30(23)25)38-17-15-27-28(21-38)36-31(33(41)43-2)37-32(27)39-18-19-40(26(20-39)14-16-35)34(42)44-22-24-9-4-3-5-10-24;1-32-22(30)20-26-19-13-25-10-8-18(19)21(27-20)28-11-12-29(17(14-28)7-9-24)23(31)33-15-16-5-3-2-4-6-16/h3-13,26H,14-15,17-22H2,1-2H3;2-6,17,25H,7-8,10-15H2,1H3/t26-;17-/m00/s1. The van der Waals surface area contributed by atoms with Gasteiger partial charge in [-0.15, -0.1) is 0 Å². The van der Waals surface area contributed by atoms with Crippen LogP contribution < -0.4 is 20.0 Å². The number of nitrogens with zero attached hydrogens (tertiary/aromatic N) is 11. The van der Waals surface area contributed by atoms with Crippen LogP contribution in [0, 0.1) is 29.6 Å². The van der Waals surface area contributed by atoms with Gasteiger partial charge in [0.05, 0.1) is 69.2 Å². The third-order valence-electron chi connectivity index (χ3n) is 14.2. The molecule has 2 saturated heterocycles. The maximum absolute atomic E-state index is 13.1. The van der Waals surface area contributed by atoms with Crippen molar-refractivity contribution >= 4 is 52.2 Å². The Hall–Kier alpha value is -8.88. The van der Waals surface area contributed by atoms with Crippen molar-refractivity contribution in [2.24, 2.45) is 0 Å². The highest BCUT2D eigenvalue weighted by Crippen LogP contribution is 2.36. The molecular formula is C57H60N12O8. The van der Waals surface area contributed by atoms with Crippen molar-refractivity contribution in [3.05, 3.63) is 148 Å². The quantitative estimate of drug-likeness (QED) is 0.105. The largest absolute Gasteiger partial charge is 0.463 e. The van der Waals surface area contributed by atoms with E-state index in [0.29, 0.717) is 70.4 Å². The van der Waals surface area contributed by atoms with Crippen molar-refractivity contribution < 1.29 is 38.1 Å². The lowest BCUT2D eigenvalue weighted by molar-refractivity contribution is 0.0577. The number of esters is 2. The molecule has 0 aliphatic carbocycles. The molecule has 10 rings (SSSR count). The third kappa shape index (κ3) is 12.1. The Kier molecular flexibility index (Phi) is 17.0. The summed E-state index contributed by atoms with van der Waals surface area (Å²) in [4.78, 5) is 78.6. The number of nitrogens with one attached hydrogen (secondary N) is 1. The zero-order valence-electron chi connectivity index (χ0n) is 43.4. The van der Waals surface area contributed by atoms with Crippen LogP contribution >= 0.6 is 0 Å². The van der Waals surface area contributed by atoms with Crippen molar-refractivity contribution in [3.8, 4) is 12.1 Å². The summed E-state index contributed by atoms with van der Waals surface area (Å²) in [7, 11) is 2.62. The first kappa shape index (κ1) is 53.0. The Morgan fingerprint density at radius 1 is 0.610 bits per heavy atom. The number of methoxy groups -OCH3 is 2. The van der Waals surface area contributed by atoms with E-state index in [-0.39, 0.29) is 43.7 Å². The van der Waals surface area contributed by atoms with E-state index < -0.39 is 30.2 Å². The van der Waals surface area contributed by atoms with Crippen molar-refractivity contribution in [3.63, 3.8) is 0 Å². The number of benzene rings is 4. The lowest BCUT2D eigenvalue weighted by atomic mass is 9.99. The number of carbonyl (C=O) groups excluding carboxylic acids is 4. The van der Waals surface area contributed by atoms with E-state index in [4.69, 9.17) is 18.9 Å². The topological polar surface area (TPSA) is 233 Å². The number of amides is 2. The number of aryl methyl sites for hydroxylation is 1. The Morgan fingerprint density at radius 3 is 1.66 bits per heavy atom. The summed E-state index contributed by atoms with van der Waals surface area (Å²) in [6.45, 7) is 7.54. The number of hydrogen-bond acceptors (Lipinski definition) is 18. The number of ether oxygens (including phenoxy) is 4. The number of rotatable bonds is 11. The number of anilines is 3. The average Bonchev–Trinajstić information content (AvgIpc) is 3.48. The number of carbonyl (C=O) groups is 4. The fourth-order valence-electron chi connectivity index (χ4n) is 10.4. The van der Waals surface area contributed by atoms with Crippen LogP contribution in [0.3, 0.4) is 0 Å². The van der Waals surface area contributed by atoms with Gasteiger partial charge in [-0.05, 0) is 54.5 Å². The predicted molar refractivity (Wildman–Crippen MR) is 285 cm³/mol. The summed E-state index contributed by atoms with van der Waals surface area (Å²) < 4.78 is 20.9. The Bertz CT molecular complexity index is 3200. The smallest absolute Gasteiger partial charge is 0.410 e. The molecule has 77 heavy (non-hydrogen) atoms. The van der Waals surface area contributed by atoms with Crippen LogP contribution in [0.2, 0.25) is 0 Å². The minimum absolute atomic E-state index is 0.00117. The maximum Gasteiger partial charge on any atom is 0.410 e. The van der Waals surface area contributed by atoms with E-state index in [0.717, 1.165) is 58.8 Å². The number of aromatic nitrogens is 4. The highest BCUT2D eigenvalue weighted by atomic mass is 16.6. The van der Waals surface area contributed by atoms with E-state index in [1.54, 1.807) is 9.80 Å². The van der Waals surface area contributed by atoms with E-state index in [1.165, 1.54) is 30.6 Å². The van der Waals surface area contributed by atoms with Gasteiger partial charge in [0.25, 0.3) is 0 Å². The molecule has 4 aromatic carbocycles. The van der Waals surface area contributed by atoms with E-state index in [9.17, 15) is 29.7 Å². The molecule has 6 heterocycles. The number of nitriles is 2. The monoisotopic (exact) mass is 1040 g/mol. The fourth-order valence-corrected chi connectivity index (χ4v) is 10.4. The summed E-state index contributed by atoms with van der Waals surface area (Å²) in [5.41, 5.74) is 7.62. The van der Waals surface area contributed by atoms with Gasteiger partial charge < -0.3 is 48.8 Å². The Morgan fingerprint density at radius 2 is 1.13 bits per heavy atom. The Balaban J connectivity index is 0.000000196. The summed E-state index contributed by atoms with van der Waals surface area (Å²) >= 11 is 0. The van der Waals surface area contributed by atoms with Gasteiger partial charge in [-0.2, -0.15) is 10.5 Å². The predicted octanol–water partition coefficient (Wildman–Crippen LogP) is 6.68. The van der Waals surface area contributed by atoms with Crippen molar-refractivity contribution in [2.75, 3.05) is 81.3 Å². The van der Waals surface area contributed by atoms with Gasteiger partial charge in [0, 0.05) is 74.6 Å². The zero-order valence-corrected chi connectivity index (χ0v) is 43.4. The highest BCUT2D eigenvalue weighted by molar-refractivity contribution is 5.97. The van der Waals surface area contributed by atoms with Crippen molar-refractivity contribution in [2.45, 2.75) is 71.0 Å². The molecule has 4 aliphatic rings. The number of fused-ring (bicyclic) bond motifs is 3. The van der Waals surface area contributed by atoms with Gasteiger partial charge in [0.15, 0.2) is 0 Å². The van der Waals surface area contributed by atoms with Gasteiger partial charge in [-0.25, -0.2) is 39.1 Å². The van der Waals surface area contributed by atoms with E-state index >= 15 is 0 Å². The second-order valence-electron chi connectivity index (χ2n) is 19.0. The van der Waals surface area contributed by atoms with Crippen LogP contribution in [0.25, 0.3) is 10.8 Å². The van der Waals surface area contributed by atoms with Crippen molar-refractivity contribution in [1.29, 1.82) is 10.5 Å². The highest BCUT2D eigenvalue weighted by Gasteiger charge is 2.37. The lowest BCUT2D eigenvalue weighted by Gasteiger charge is -2.42. The molecule has 396 valence electrons.